The van der Waals surface area contributed by atoms with Crippen LogP contribution in [0.5, 0.6) is 0 Å². The van der Waals surface area contributed by atoms with Gasteiger partial charge in [-0.15, -0.1) is 11.8 Å². The molecule has 4 nitrogen and oxygen atoms in total. The summed E-state index contributed by atoms with van der Waals surface area (Å²) in [5.41, 5.74) is 0.809. The van der Waals surface area contributed by atoms with E-state index in [1.807, 2.05) is 16.7 Å². The fourth-order valence-electron chi connectivity index (χ4n) is 2.33. The van der Waals surface area contributed by atoms with Crippen LogP contribution in [-0.2, 0) is 11.3 Å². The summed E-state index contributed by atoms with van der Waals surface area (Å²) in [5, 5.41) is 0.593. The number of pyridine rings is 1. The zero-order chi connectivity index (χ0) is 13.4. The molecule has 1 aromatic heterocycles. The van der Waals surface area contributed by atoms with Gasteiger partial charge in [0.15, 0.2) is 0 Å². The van der Waals surface area contributed by atoms with E-state index in [2.05, 4.69) is 0 Å². The number of thioether (sulfide) groups is 1. The molecular weight excluding hydrogens is 262 g/mol. The summed E-state index contributed by atoms with van der Waals surface area (Å²) in [7, 11) is 0. The zero-order valence-electron chi connectivity index (χ0n) is 10.5. The first-order chi connectivity index (χ1) is 9.22. The molecule has 0 N–H and O–H groups in total. The van der Waals surface area contributed by atoms with E-state index in [1.165, 1.54) is 0 Å². The maximum absolute atomic E-state index is 12.4. The average Bonchev–Trinajstić information content (AvgIpc) is 2.43. The molecule has 1 aliphatic rings. The lowest BCUT2D eigenvalue weighted by atomic mass is 10.1. The van der Waals surface area contributed by atoms with Crippen molar-refractivity contribution in [2.24, 2.45) is 0 Å². The van der Waals surface area contributed by atoms with Crippen molar-refractivity contribution >= 4 is 28.6 Å². The van der Waals surface area contributed by atoms with Gasteiger partial charge < -0.3 is 9.30 Å². The normalized spacial score (nSPS) is 13.5. The molecule has 2 heterocycles. The molecule has 5 heteroatoms. The number of para-hydroxylation sites is 1. The highest BCUT2D eigenvalue weighted by Gasteiger charge is 2.20. The number of esters is 1. The molecule has 98 valence electrons. The number of hydrogen-bond donors (Lipinski definition) is 0. The summed E-state index contributed by atoms with van der Waals surface area (Å²) < 4.78 is 6.93. The van der Waals surface area contributed by atoms with Gasteiger partial charge in [-0.05, 0) is 19.1 Å². The van der Waals surface area contributed by atoms with Crippen molar-refractivity contribution in [3.05, 3.63) is 40.2 Å². The van der Waals surface area contributed by atoms with Gasteiger partial charge in [0, 0.05) is 28.8 Å². The molecule has 0 unspecified atom stereocenters. The molecule has 3 rings (SSSR count). The van der Waals surface area contributed by atoms with E-state index in [9.17, 15) is 9.59 Å². The molecule has 0 spiro atoms. The Morgan fingerprint density at radius 1 is 1.47 bits per heavy atom. The zero-order valence-corrected chi connectivity index (χ0v) is 11.3. The predicted molar refractivity (Wildman–Crippen MR) is 74.9 cm³/mol. The number of aryl methyl sites for hydroxylation is 1. The summed E-state index contributed by atoms with van der Waals surface area (Å²) in [5.74, 6) is 0.402. The van der Waals surface area contributed by atoms with Crippen molar-refractivity contribution in [2.75, 3.05) is 12.4 Å². The van der Waals surface area contributed by atoms with Crippen LogP contribution in [-0.4, -0.2) is 22.9 Å². The van der Waals surface area contributed by atoms with Gasteiger partial charge in [-0.1, -0.05) is 6.07 Å². The van der Waals surface area contributed by atoms with Crippen molar-refractivity contribution < 1.29 is 9.53 Å². The standard InChI is InChI=1S/C14H13NO3S/c1-2-18-14(17)10-8-15-6-7-19-11-5-3-4-9(12(11)15)13(10)16/h3-5,8H,2,6-7H2,1H3. The monoisotopic (exact) mass is 275 g/mol. The molecular formula is C14H13NO3S. The minimum Gasteiger partial charge on any atom is -0.462 e. The highest BCUT2D eigenvalue weighted by Crippen LogP contribution is 2.30. The second kappa shape index (κ2) is 4.74. The summed E-state index contributed by atoms with van der Waals surface area (Å²) in [6.07, 6.45) is 1.63. The average molecular weight is 275 g/mol. The second-order valence-electron chi connectivity index (χ2n) is 4.29. The first-order valence-corrected chi connectivity index (χ1v) is 7.17. The first kappa shape index (κ1) is 12.3. The lowest BCUT2D eigenvalue weighted by molar-refractivity contribution is 0.0524. The molecule has 0 aliphatic carbocycles. The number of carbonyl (C=O) groups excluding carboxylic acids is 1. The van der Waals surface area contributed by atoms with E-state index in [0.717, 1.165) is 22.7 Å². The van der Waals surface area contributed by atoms with Gasteiger partial charge in [-0.25, -0.2) is 4.79 Å². The number of carbonyl (C=O) groups is 1. The lowest BCUT2D eigenvalue weighted by Crippen LogP contribution is -2.22. The van der Waals surface area contributed by atoms with E-state index in [1.54, 1.807) is 30.9 Å². The number of hydrogen-bond acceptors (Lipinski definition) is 4. The summed E-state index contributed by atoms with van der Waals surface area (Å²) in [6, 6.07) is 5.63. The number of benzene rings is 1. The van der Waals surface area contributed by atoms with Crippen molar-refractivity contribution in [2.45, 2.75) is 18.4 Å². The second-order valence-corrected chi connectivity index (χ2v) is 5.42. The van der Waals surface area contributed by atoms with Crippen molar-refractivity contribution in [3.63, 3.8) is 0 Å². The summed E-state index contributed by atoms with van der Waals surface area (Å²) in [4.78, 5) is 25.3. The SMILES string of the molecule is CCOC(=O)c1cn2c3c(cccc3c1=O)SCC2. The molecule has 0 saturated heterocycles. The van der Waals surface area contributed by atoms with Crippen molar-refractivity contribution in [1.29, 1.82) is 0 Å². The Labute approximate surface area is 114 Å². The quantitative estimate of drug-likeness (QED) is 0.789. The van der Waals surface area contributed by atoms with Crippen LogP contribution in [0.25, 0.3) is 10.9 Å². The van der Waals surface area contributed by atoms with Crippen molar-refractivity contribution in [1.82, 2.24) is 4.57 Å². The Bertz CT molecular complexity index is 720. The van der Waals surface area contributed by atoms with Gasteiger partial charge in [-0.3, -0.25) is 4.79 Å². The molecule has 1 aromatic carbocycles. The smallest absolute Gasteiger partial charge is 0.343 e. The van der Waals surface area contributed by atoms with Crippen LogP contribution in [0, 0.1) is 0 Å². The number of rotatable bonds is 2. The van der Waals surface area contributed by atoms with Gasteiger partial charge in [0.1, 0.15) is 5.56 Å². The Balaban J connectivity index is 2.31. The summed E-state index contributed by atoms with van der Waals surface area (Å²) in [6.45, 7) is 2.80. The van der Waals surface area contributed by atoms with Crippen LogP contribution < -0.4 is 5.43 Å². The Hall–Kier alpha value is -1.75. The minimum absolute atomic E-state index is 0.124. The van der Waals surface area contributed by atoms with Crippen LogP contribution in [0.15, 0.2) is 34.1 Å². The van der Waals surface area contributed by atoms with E-state index in [-0.39, 0.29) is 17.6 Å². The minimum atomic E-state index is -0.540. The van der Waals surface area contributed by atoms with E-state index in [0.29, 0.717) is 5.39 Å². The Morgan fingerprint density at radius 2 is 2.32 bits per heavy atom. The van der Waals surface area contributed by atoms with Gasteiger partial charge in [-0.2, -0.15) is 0 Å². The first-order valence-electron chi connectivity index (χ1n) is 6.18. The van der Waals surface area contributed by atoms with Crippen LogP contribution in [0.3, 0.4) is 0 Å². The molecule has 1 aliphatic heterocycles. The fourth-order valence-corrected chi connectivity index (χ4v) is 3.37. The number of nitrogens with zero attached hydrogens (tertiary/aromatic N) is 1. The third-order valence-electron chi connectivity index (χ3n) is 3.15. The molecule has 0 fully saturated rings. The largest absolute Gasteiger partial charge is 0.462 e. The van der Waals surface area contributed by atoms with Crippen LogP contribution >= 0.6 is 11.8 Å². The molecule has 19 heavy (non-hydrogen) atoms. The molecule has 0 atom stereocenters. The highest BCUT2D eigenvalue weighted by molar-refractivity contribution is 7.99. The maximum atomic E-state index is 12.4. The van der Waals surface area contributed by atoms with Crippen LogP contribution in [0.4, 0.5) is 0 Å². The van der Waals surface area contributed by atoms with Gasteiger partial charge in [0.2, 0.25) is 5.43 Å². The van der Waals surface area contributed by atoms with Gasteiger partial charge in [0.05, 0.1) is 12.1 Å². The topological polar surface area (TPSA) is 48.3 Å². The van der Waals surface area contributed by atoms with E-state index >= 15 is 0 Å². The highest BCUT2D eigenvalue weighted by atomic mass is 32.2. The predicted octanol–water partition coefficient (Wildman–Crippen LogP) is 2.28. The van der Waals surface area contributed by atoms with Crippen molar-refractivity contribution in [3.8, 4) is 0 Å². The molecule has 0 saturated carbocycles. The van der Waals surface area contributed by atoms with Crippen LogP contribution in [0.1, 0.15) is 17.3 Å². The maximum Gasteiger partial charge on any atom is 0.343 e. The molecule has 0 bridgehead atoms. The van der Waals surface area contributed by atoms with Gasteiger partial charge >= 0.3 is 5.97 Å². The summed E-state index contributed by atoms with van der Waals surface area (Å²) >= 11 is 1.74. The Morgan fingerprint density at radius 3 is 3.11 bits per heavy atom. The fraction of sp³-hybridized carbons (Fsp3) is 0.286. The van der Waals surface area contributed by atoms with E-state index < -0.39 is 5.97 Å². The molecule has 2 aromatic rings. The number of ether oxygens (including phenoxy) is 1. The third-order valence-corrected chi connectivity index (χ3v) is 4.17. The number of aromatic nitrogens is 1. The van der Waals surface area contributed by atoms with Gasteiger partial charge in [0.25, 0.3) is 0 Å². The Kier molecular flexibility index (Phi) is 3.06. The molecule has 0 radical (unpaired) electrons. The molecule has 0 amide bonds. The third kappa shape index (κ3) is 1.94. The lowest BCUT2D eigenvalue weighted by Gasteiger charge is -2.19. The van der Waals surface area contributed by atoms with E-state index in [4.69, 9.17) is 4.74 Å². The van der Waals surface area contributed by atoms with Crippen LogP contribution in [0.2, 0.25) is 0 Å².